The van der Waals surface area contributed by atoms with Crippen molar-refractivity contribution in [2.45, 2.75) is 33.2 Å². The summed E-state index contributed by atoms with van der Waals surface area (Å²) < 4.78 is 43.1. The molecule has 0 aliphatic carbocycles. The number of methoxy groups -OCH3 is 1. The molecule has 0 bridgehead atoms. The third-order valence-electron chi connectivity index (χ3n) is 5.82. The van der Waals surface area contributed by atoms with Crippen LogP contribution in [0.2, 0.25) is 0 Å². The van der Waals surface area contributed by atoms with Gasteiger partial charge in [-0.25, -0.2) is 18.9 Å². The Balaban J connectivity index is 1.31. The van der Waals surface area contributed by atoms with Crippen molar-refractivity contribution < 1.29 is 32.6 Å². The molecule has 0 unspecified atom stereocenters. The van der Waals surface area contributed by atoms with Gasteiger partial charge < -0.3 is 14.2 Å². The Morgan fingerprint density at radius 3 is 2.60 bits per heavy atom. The number of fused-ring (bicyclic) bond motifs is 1. The summed E-state index contributed by atoms with van der Waals surface area (Å²) in [5, 5.41) is 9.14. The molecule has 1 aliphatic heterocycles. The number of nitrogens with one attached hydrogen (secondary N) is 1. The van der Waals surface area contributed by atoms with Crippen LogP contribution in [0.1, 0.15) is 19.3 Å². The predicted molar refractivity (Wildman–Crippen MR) is 133 cm³/mol. The van der Waals surface area contributed by atoms with Gasteiger partial charge in [-0.05, 0) is 55.7 Å². The number of hydrogen-bond donors (Lipinski definition) is 2. The number of carbonyl (C=O) groups excluding carboxylic acids is 1. The number of nitrogens with zero attached hydrogens (tertiary/aromatic N) is 1. The van der Waals surface area contributed by atoms with Crippen LogP contribution in [-0.2, 0) is 19.4 Å². The summed E-state index contributed by atoms with van der Waals surface area (Å²) in [7, 11) is -2.42. The number of thiazole rings is 1. The number of carbonyl (C=O) groups is 1. The zero-order chi connectivity index (χ0) is 24.9. The Hall–Kier alpha value is -2.38. The number of benzene rings is 2. The lowest BCUT2D eigenvalue weighted by Gasteiger charge is -2.34. The summed E-state index contributed by atoms with van der Waals surface area (Å²) in [6, 6.07) is 11.8. The molecule has 12 heteroatoms. The van der Waals surface area contributed by atoms with E-state index in [1.54, 1.807) is 42.3 Å². The Bertz CT molecular complexity index is 1270. The maximum atomic E-state index is 13.3. The fourth-order valence-corrected chi connectivity index (χ4v) is 7.82. The molecule has 9 nitrogen and oxygen atoms in total. The topological polar surface area (TPSA) is 124 Å². The van der Waals surface area contributed by atoms with Crippen LogP contribution in [0.5, 0.6) is 11.5 Å². The first-order valence-corrected chi connectivity index (χ1v) is 14.3. The maximum Gasteiger partial charge on any atom is 0.265 e. The van der Waals surface area contributed by atoms with Crippen molar-refractivity contribution in [3.63, 3.8) is 0 Å². The average Bonchev–Trinajstić information content (AvgIpc) is 3.30. The standard InChI is InChI=1S/C23H26N2O7S3/c1-30-17-5-8-20-19(15-17)24-22(34-20)33-14-2-11-32-16-3-6-18(7-4-16)35(28,29)23(21(26)25-27)9-12-31-13-10-23/h3-8,15,27H,2,9-14H2,1H3,(H,25,26). The zero-order valence-electron chi connectivity index (χ0n) is 19.1. The monoisotopic (exact) mass is 538 g/mol. The summed E-state index contributed by atoms with van der Waals surface area (Å²) in [6.07, 6.45) is 0.726. The summed E-state index contributed by atoms with van der Waals surface area (Å²) in [5.74, 6) is 1.20. The number of ether oxygens (including phenoxy) is 3. The van der Waals surface area contributed by atoms with Gasteiger partial charge in [-0.2, -0.15) is 0 Å². The largest absolute Gasteiger partial charge is 0.497 e. The van der Waals surface area contributed by atoms with Crippen molar-refractivity contribution in [2.75, 3.05) is 32.7 Å². The highest BCUT2D eigenvalue weighted by Gasteiger charge is 2.52. The Kier molecular flexibility index (Phi) is 8.17. The molecule has 4 rings (SSSR count). The number of thioether (sulfide) groups is 1. The molecule has 2 N–H and O–H groups in total. The molecule has 188 valence electrons. The van der Waals surface area contributed by atoms with Crippen molar-refractivity contribution in [1.29, 1.82) is 0 Å². The Morgan fingerprint density at radius 1 is 1.20 bits per heavy atom. The fourth-order valence-electron chi connectivity index (χ4n) is 3.84. The van der Waals surface area contributed by atoms with Crippen LogP contribution in [0, 0.1) is 0 Å². The first-order chi connectivity index (χ1) is 16.9. The van der Waals surface area contributed by atoms with E-state index in [0.717, 1.165) is 32.5 Å². The van der Waals surface area contributed by atoms with E-state index in [-0.39, 0.29) is 31.0 Å². The highest BCUT2D eigenvalue weighted by Crippen LogP contribution is 2.36. The average molecular weight is 539 g/mol. The van der Waals surface area contributed by atoms with Crippen LogP contribution in [0.15, 0.2) is 51.7 Å². The van der Waals surface area contributed by atoms with Crippen LogP contribution >= 0.6 is 23.1 Å². The predicted octanol–water partition coefficient (Wildman–Crippen LogP) is 3.69. The molecule has 3 aromatic rings. The number of amides is 1. The van der Waals surface area contributed by atoms with Crippen molar-refractivity contribution in [3.8, 4) is 11.5 Å². The molecule has 0 radical (unpaired) electrons. The molecule has 0 spiro atoms. The number of aromatic nitrogens is 1. The molecule has 1 aliphatic rings. The molecular weight excluding hydrogens is 512 g/mol. The molecule has 0 atom stereocenters. The molecule has 2 heterocycles. The number of hydrogen-bond acceptors (Lipinski definition) is 10. The van der Waals surface area contributed by atoms with Crippen molar-refractivity contribution in [1.82, 2.24) is 10.5 Å². The van der Waals surface area contributed by atoms with Crippen molar-refractivity contribution in [2.24, 2.45) is 0 Å². The first-order valence-electron chi connectivity index (χ1n) is 11.0. The van der Waals surface area contributed by atoms with Crippen molar-refractivity contribution in [3.05, 3.63) is 42.5 Å². The molecule has 1 amide bonds. The van der Waals surface area contributed by atoms with E-state index in [4.69, 9.17) is 19.4 Å². The van der Waals surface area contributed by atoms with E-state index in [1.807, 2.05) is 18.2 Å². The third kappa shape index (κ3) is 5.41. The second-order valence-corrected chi connectivity index (χ2v) is 12.5. The lowest BCUT2D eigenvalue weighted by atomic mass is 9.98. The minimum Gasteiger partial charge on any atom is -0.497 e. The van der Waals surface area contributed by atoms with Gasteiger partial charge in [-0.3, -0.25) is 10.0 Å². The van der Waals surface area contributed by atoms with Gasteiger partial charge in [0, 0.05) is 25.0 Å². The minimum absolute atomic E-state index is 0.00151. The van der Waals surface area contributed by atoms with E-state index >= 15 is 0 Å². The summed E-state index contributed by atoms with van der Waals surface area (Å²) in [4.78, 5) is 17.0. The summed E-state index contributed by atoms with van der Waals surface area (Å²) in [6.45, 7) is 0.708. The first kappa shape index (κ1) is 25.7. The number of sulfone groups is 1. The van der Waals surface area contributed by atoms with Gasteiger partial charge in [0.25, 0.3) is 5.91 Å². The van der Waals surface area contributed by atoms with E-state index in [0.29, 0.717) is 12.4 Å². The van der Waals surface area contributed by atoms with E-state index in [1.165, 1.54) is 17.6 Å². The molecule has 1 saturated heterocycles. The van der Waals surface area contributed by atoms with Gasteiger partial charge in [0.1, 0.15) is 11.5 Å². The number of hydroxylamine groups is 1. The zero-order valence-corrected chi connectivity index (χ0v) is 21.5. The molecular formula is C23H26N2O7S3. The highest BCUT2D eigenvalue weighted by atomic mass is 32.2. The second-order valence-electron chi connectivity index (χ2n) is 7.89. The molecule has 0 saturated carbocycles. The van der Waals surface area contributed by atoms with Crippen molar-refractivity contribution >= 4 is 49.1 Å². The smallest absolute Gasteiger partial charge is 0.265 e. The lowest BCUT2D eigenvalue weighted by Crippen LogP contribution is -2.54. The highest BCUT2D eigenvalue weighted by molar-refractivity contribution is 8.01. The van der Waals surface area contributed by atoms with Gasteiger partial charge >= 0.3 is 0 Å². The fraction of sp³-hybridized carbons (Fsp3) is 0.391. The van der Waals surface area contributed by atoms with Crippen LogP contribution in [-0.4, -0.2) is 61.9 Å². The molecule has 2 aromatic carbocycles. The van der Waals surface area contributed by atoms with Gasteiger partial charge in [0.2, 0.25) is 0 Å². The lowest BCUT2D eigenvalue weighted by molar-refractivity contribution is -0.134. The van der Waals surface area contributed by atoms with E-state index in [2.05, 4.69) is 4.98 Å². The normalized spacial score (nSPS) is 15.6. The van der Waals surface area contributed by atoms with E-state index in [9.17, 15) is 13.2 Å². The van der Waals surface area contributed by atoms with Crippen LogP contribution in [0.25, 0.3) is 10.2 Å². The van der Waals surface area contributed by atoms with Gasteiger partial charge in [0.05, 0.1) is 28.8 Å². The van der Waals surface area contributed by atoms with Crippen LogP contribution in [0.3, 0.4) is 0 Å². The Labute approximate surface area is 211 Å². The second kappa shape index (κ2) is 11.1. The van der Waals surface area contributed by atoms with Gasteiger partial charge in [-0.15, -0.1) is 11.3 Å². The summed E-state index contributed by atoms with van der Waals surface area (Å²) >= 11 is 3.30. The molecule has 1 fully saturated rings. The number of rotatable bonds is 10. The minimum atomic E-state index is -4.05. The van der Waals surface area contributed by atoms with Gasteiger partial charge in [0.15, 0.2) is 18.9 Å². The summed E-state index contributed by atoms with van der Waals surface area (Å²) in [5.41, 5.74) is 2.44. The SMILES string of the molecule is COc1ccc2sc(SCCCOc3ccc(S(=O)(=O)C4(C(=O)NO)CCOCC4)cc3)nc2c1. The quantitative estimate of drug-likeness (QED) is 0.172. The van der Waals surface area contributed by atoms with Gasteiger partial charge in [-0.1, -0.05) is 11.8 Å². The molecule has 35 heavy (non-hydrogen) atoms. The van der Waals surface area contributed by atoms with E-state index < -0.39 is 20.5 Å². The Morgan fingerprint density at radius 2 is 1.91 bits per heavy atom. The van der Waals surface area contributed by atoms with Crippen LogP contribution in [0.4, 0.5) is 0 Å². The maximum absolute atomic E-state index is 13.3. The molecule has 1 aromatic heterocycles. The third-order valence-corrected chi connectivity index (χ3v) is 10.6. The van der Waals surface area contributed by atoms with Crippen LogP contribution < -0.4 is 15.0 Å².